The largest absolute Gasteiger partial charge is 0.377 e. The van der Waals surface area contributed by atoms with E-state index in [1.165, 1.54) is 11.3 Å². The number of rotatable bonds is 3. The van der Waals surface area contributed by atoms with E-state index in [9.17, 15) is 0 Å². The van der Waals surface area contributed by atoms with Gasteiger partial charge < -0.3 is 5.32 Å². The molecule has 0 amide bonds. The summed E-state index contributed by atoms with van der Waals surface area (Å²) in [6.07, 6.45) is 0. The SMILES string of the molecule is Cc1nc(C(C)Nc2ccccc2C(C)(C)C)cs1. The lowest BCUT2D eigenvalue weighted by Crippen LogP contribution is -2.16. The first-order valence-electron chi connectivity index (χ1n) is 6.66. The molecule has 1 aromatic carbocycles. The summed E-state index contributed by atoms with van der Waals surface area (Å²) in [5, 5.41) is 6.84. The second-order valence-corrected chi connectivity index (χ2v) is 7.02. The molecule has 0 radical (unpaired) electrons. The van der Waals surface area contributed by atoms with Crippen molar-refractivity contribution in [3.8, 4) is 0 Å². The lowest BCUT2D eigenvalue weighted by Gasteiger charge is -2.25. The van der Waals surface area contributed by atoms with Gasteiger partial charge >= 0.3 is 0 Å². The maximum absolute atomic E-state index is 4.55. The van der Waals surface area contributed by atoms with Gasteiger partial charge in [-0.3, -0.25) is 0 Å². The van der Waals surface area contributed by atoms with Gasteiger partial charge in [0, 0.05) is 11.1 Å². The van der Waals surface area contributed by atoms with Crippen LogP contribution in [-0.2, 0) is 5.41 Å². The lowest BCUT2D eigenvalue weighted by molar-refractivity contribution is 0.590. The van der Waals surface area contributed by atoms with Crippen molar-refractivity contribution < 1.29 is 0 Å². The number of aryl methyl sites for hydroxylation is 1. The summed E-state index contributed by atoms with van der Waals surface area (Å²) in [6, 6.07) is 8.76. The van der Waals surface area contributed by atoms with Crippen LogP contribution >= 0.6 is 11.3 Å². The standard InChI is InChI=1S/C16H22N2S/c1-11(15-10-19-12(2)18-15)17-14-9-7-6-8-13(14)16(3,4)5/h6-11,17H,1-5H3. The zero-order valence-electron chi connectivity index (χ0n) is 12.3. The quantitative estimate of drug-likeness (QED) is 0.859. The van der Waals surface area contributed by atoms with Gasteiger partial charge in [0.15, 0.2) is 0 Å². The Morgan fingerprint density at radius 2 is 1.89 bits per heavy atom. The van der Waals surface area contributed by atoms with Crippen LogP contribution < -0.4 is 5.32 Å². The first-order valence-corrected chi connectivity index (χ1v) is 7.54. The van der Waals surface area contributed by atoms with Gasteiger partial charge in [-0.05, 0) is 30.9 Å². The third-order valence-corrected chi connectivity index (χ3v) is 3.98. The summed E-state index contributed by atoms with van der Waals surface area (Å²) in [6.45, 7) is 10.9. The van der Waals surface area contributed by atoms with Gasteiger partial charge in [-0.25, -0.2) is 4.98 Å². The van der Waals surface area contributed by atoms with Crippen LogP contribution in [0.1, 0.15) is 50.0 Å². The van der Waals surface area contributed by atoms with Crippen molar-refractivity contribution >= 4 is 17.0 Å². The average Bonchev–Trinajstić information content (AvgIpc) is 2.75. The number of thiazole rings is 1. The van der Waals surface area contributed by atoms with Gasteiger partial charge in [0.2, 0.25) is 0 Å². The molecule has 0 saturated carbocycles. The molecule has 3 heteroatoms. The molecule has 1 heterocycles. The monoisotopic (exact) mass is 274 g/mol. The second-order valence-electron chi connectivity index (χ2n) is 5.95. The van der Waals surface area contributed by atoms with Crippen molar-refractivity contribution in [3.05, 3.63) is 45.9 Å². The van der Waals surface area contributed by atoms with Gasteiger partial charge in [0.25, 0.3) is 0 Å². The number of nitrogens with zero attached hydrogens (tertiary/aromatic N) is 1. The second kappa shape index (κ2) is 5.33. The number of hydrogen-bond donors (Lipinski definition) is 1. The van der Waals surface area contributed by atoms with Crippen molar-refractivity contribution in [3.63, 3.8) is 0 Å². The molecule has 0 saturated heterocycles. The number of anilines is 1. The predicted molar refractivity (Wildman–Crippen MR) is 84.0 cm³/mol. The number of hydrogen-bond acceptors (Lipinski definition) is 3. The minimum atomic E-state index is 0.140. The fourth-order valence-corrected chi connectivity index (χ4v) is 2.86. The van der Waals surface area contributed by atoms with Crippen molar-refractivity contribution in [2.45, 2.75) is 46.1 Å². The van der Waals surface area contributed by atoms with Crippen LogP contribution in [0.15, 0.2) is 29.6 Å². The zero-order chi connectivity index (χ0) is 14.0. The van der Waals surface area contributed by atoms with E-state index < -0.39 is 0 Å². The first kappa shape index (κ1) is 14.1. The molecule has 0 bridgehead atoms. The molecule has 1 atom stereocenters. The normalized spacial score (nSPS) is 13.3. The molecular weight excluding hydrogens is 252 g/mol. The lowest BCUT2D eigenvalue weighted by atomic mass is 9.85. The van der Waals surface area contributed by atoms with Crippen molar-refractivity contribution in [1.82, 2.24) is 4.98 Å². The van der Waals surface area contributed by atoms with E-state index in [0.717, 1.165) is 10.7 Å². The molecule has 0 aliphatic carbocycles. The Hall–Kier alpha value is -1.35. The van der Waals surface area contributed by atoms with Crippen LogP contribution in [0.3, 0.4) is 0 Å². The predicted octanol–water partition coefficient (Wildman–Crippen LogP) is 4.92. The number of benzene rings is 1. The van der Waals surface area contributed by atoms with Crippen molar-refractivity contribution in [1.29, 1.82) is 0 Å². The topological polar surface area (TPSA) is 24.9 Å². The van der Waals surface area contributed by atoms with E-state index >= 15 is 0 Å². The highest BCUT2D eigenvalue weighted by atomic mass is 32.1. The van der Waals surface area contributed by atoms with Gasteiger partial charge in [-0.15, -0.1) is 11.3 Å². The van der Waals surface area contributed by atoms with E-state index in [0.29, 0.717) is 0 Å². The molecule has 0 aliphatic rings. The summed E-state index contributed by atoms with van der Waals surface area (Å²) < 4.78 is 0. The van der Waals surface area contributed by atoms with Crippen molar-refractivity contribution in [2.24, 2.45) is 0 Å². The number of para-hydroxylation sites is 1. The van der Waals surface area contributed by atoms with Crippen molar-refractivity contribution in [2.75, 3.05) is 5.32 Å². The fraction of sp³-hybridized carbons (Fsp3) is 0.438. The molecule has 2 aromatic rings. The molecule has 1 aromatic heterocycles. The average molecular weight is 274 g/mol. The van der Waals surface area contributed by atoms with E-state index in [2.05, 4.69) is 67.6 Å². The molecule has 1 unspecified atom stereocenters. The summed E-state index contributed by atoms with van der Waals surface area (Å²) in [4.78, 5) is 4.55. The zero-order valence-corrected chi connectivity index (χ0v) is 13.1. The van der Waals surface area contributed by atoms with Crippen LogP contribution in [0.2, 0.25) is 0 Å². The highest BCUT2D eigenvalue weighted by molar-refractivity contribution is 7.09. The Morgan fingerprint density at radius 1 is 1.21 bits per heavy atom. The molecule has 102 valence electrons. The highest BCUT2D eigenvalue weighted by Crippen LogP contribution is 2.31. The Labute approximate surface area is 119 Å². The van der Waals surface area contributed by atoms with Crippen LogP contribution in [0.25, 0.3) is 0 Å². The summed E-state index contributed by atoms with van der Waals surface area (Å²) in [5.41, 5.74) is 3.80. The van der Waals surface area contributed by atoms with Gasteiger partial charge in [-0.2, -0.15) is 0 Å². The molecule has 0 fully saturated rings. The minimum Gasteiger partial charge on any atom is -0.377 e. The molecule has 2 rings (SSSR count). The minimum absolute atomic E-state index is 0.140. The number of nitrogens with one attached hydrogen (secondary N) is 1. The van der Waals surface area contributed by atoms with Gasteiger partial charge in [-0.1, -0.05) is 39.0 Å². The van der Waals surface area contributed by atoms with Crippen LogP contribution in [0.4, 0.5) is 5.69 Å². The molecule has 19 heavy (non-hydrogen) atoms. The Balaban J connectivity index is 2.24. The molecule has 0 spiro atoms. The van der Waals surface area contributed by atoms with Crippen LogP contribution in [0, 0.1) is 6.92 Å². The molecule has 1 N–H and O–H groups in total. The summed E-state index contributed by atoms with van der Waals surface area (Å²) in [7, 11) is 0. The van der Waals surface area contributed by atoms with Crippen LogP contribution in [0.5, 0.6) is 0 Å². The summed E-state index contributed by atoms with van der Waals surface area (Å²) in [5.74, 6) is 0. The van der Waals surface area contributed by atoms with Gasteiger partial charge in [0.05, 0.1) is 16.7 Å². The fourth-order valence-electron chi connectivity index (χ4n) is 2.15. The first-order chi connectivity index (χ1) is 8.88. The smallest absolute Gasteiger partial charge is 0.0898 e. The van der Waals surface area contributed by atoms with E-state index in [4.69, 9.17) is 0 Å². The third-order valence-electron chi connectivity index (χ3n) is 3.19. The van der Waals surface area contributed by atoms with E-state index in [1.807, 2.05) is 6.92 Å². The maximum Gasteiger partial charge on any atom is 0.0898 e. The number of aromatic nitrogens is 1. The van der Waals surface area contributed by atoms with Gasteiger partial charge in [0.1, 0.15) is 0 Å². The molecule has 2 nitrogen and oxygen atoms in total. The third kappa shape index (κ3) is 3.35. The van der Waals surface area contributed by atoms with Crippen LogP contribution in [-0.4, -0.2) is 4.98 Å². The van der Waals surface area contributed by atoms with E-state index in [1.54, 1.807) is 11.3 Å². The van der Waals surface area contributed by atoms with E-state index in [-0.39, 0.29) is 11.5 Å². The Kier molecular flexibility index (Phi) is 3.95. The highest BCUT2D eigenvalue weighted by Gasteiger charge is 2.19. The summed E-state index contributed by atoms with van der Waals surface area (Å²) >= 11 is 1.70. The Bertz CT molecular complexity index is 552. The molecule has 0 aliphatic heterocycles. The molecular formula is C16H22N2S. The Morgan fingerprint density at radius 3 is 2.47 bits per heavy atom. The maximum atomic E-state index is 4.55.